The highest BCUT2D eigenvalue weighted by molar-refractivity contribution is 6.13. The molecule has 10 rings (SSSR count). The molecule has 0 N–H and O–H groups in total. The quantitative estimate of drug-likeness (QED) is 0.218. The lowest BCUT2D eigenvalue weighted by atomic mass is 9.68. The average Bonchev–Trinajstić information content (AvgIpc) is 3.46. The predicted molar refractivity (Wildman–Crippen MR) is 195 cm³/mol. The Kier molecular flexibility index (Phi) is 5.88. The summed E-state index contributed by atoms with van der Waals surface area (Å²) in [5, 5.41) is 0. The van der Waals surface area contributed by atoms with Crippen molar-refractivity contribution in [1.29, 1.82) is 0 Å². The topological polar surface area (TPSA) is 0 Å². The smallest absolute Gasteiger partial charge is 0.0203 e. The molecule has 2 atom stereocenters. The Morgan fingerprint density at radius 1 is 0.543 bits per heavy atom. The van der Waals surface area contributed by atoms with Crippen LogP contribution in [0.4, 0.5) is 0 Å². The minimum atomic E-state index is 0.380. The largest absolute Gasteiger partial charge is 0.0836 e. The van der Waals surface area contributed by atoms with Crippen molar-refractivity contribution in [3.63, 3.8) is 0 Å². The van der Waals surface area contributed by atoms with E-state index in [1.165, 1.54) is 104 Å². The van der Waals surface area contributed by atoms with Gasteiger partial charge < -0.3 is 0 Å². The summed E-state index contributed by atoms with van der Waals surface area (Å²) in [5.41, 5.74) is 22.8. The molecule has 6 aliphatic rings. The van der Waals surface area contributed by atoms with Crippen LogP contribution in [0.25, 0.3) is 56.2 Å². The highest BCUT2D eigenvalue weighted by atomic mass is 14.5. The minimum Gasteiger partial charge on any atom is -0.0836 e. The average molecular weight is 589 g/mol. The van der Waals surface area contributed by atoms with Gasteiger partial charge >= 0.3 is 0 Å². The van der Waals surface area contributed by atoms with Crippen molar-refractivity contribution in [3.05, 3.63) is 166 Å². The van der Waals surface area contributed by atoms with Gasteiger partial charge in [0, 0.05) is 11.8 Å². The van der Waals surface area contributed by atoms with E-state index in [0.29, 0.717) is 11.8 Å². The summed E-state index contributed by atoms with van der Waals surface area (Å²) < 4.78 is 0. The molecule has 0 spiro atoms. The normalized spacial score (nSPS) is 21.7. The summed E-state index contributed by atoms with van der Waals surface area (Å²) in [6, 6.07) is 31.9. The summed E-state index contributed by atoms with van der Waals surface area (Å²) in [6.45, 7) is 0. The zero-order chi connectivity index (χ0) is 30.2. The molecule has 0 nitrogen and oxygen atoms in total. The molecule has 2 unspecified atom stereocenters. The number of hydrogen-bond acceptors (Lipinski definition) is 0. The van der Waals surface area contributed by atoms with Crippen LogP contribution in [0, 0.1) is 11.8 Å². The van der Waals surface area contributed by atoms with Gasteiger partial charge in [-0.3, -0.25) is 0 Å². The molecule has 0 saturated carbocycles. The van der Waals surface area contributed by atoms with Crippen LogP contribution in [0.1, 0.15) is 60.8 Å². The van der Waals surface area contributed by atoms with Gasteiger partial charge in [0.25, 0.3) is 0 Å². The monoisotopic (exact) mass is 588 g/mol. The first-order valence-corrected chi connectivity index (χ1v) is 17.2. The lowest BCUT2D eigenvalue weighted by Crippen LogP contribution is -2.22. The summed E-state index contributed by atoms with van der Waals surface area (Å²) in [6.07, 6.45) is 26.8. The summed E-state index contributed by atoms with van der Waals surface area (Å²) in [7, 11) is 0. The first-order chi connectivity index (χ1) is 22.8. The molecule has 6 aliphatic carbocycles. The van der Waals surface area contributed by atoms with Crippen LogP contribution in [0.2, 0.25) is 0 Å². The SMILES string of the molecule is C1=CC2C3=C(C=C4c5c(c(-c6ccccc6)c6c(c5-c5ccccc5)-c5cccc(c5)C5=C(C=C6)CCC=C5)C(=C1)C42)CCCC3. The van der Waals surface area contributed by atoms with Gasteiger partial charge in [-0.1, -0.05) is 133 Å². The third-order valence-electron chi connectivity index (χ3n) is 11.3. The van der Waals surface area contributed by atoms with E-state index in [4.69, 9.17) is 0 Å². The van der Waals surface area contributed by atoms with Crippen molar-refractivity contribution in [2.45, 2.75) is 38.5 Å². The standard InChI is InChI=1S/C46H36/c1-3-14-30(15-4-1)41-39-26-25-29-13-7-9-21-35(29)32-19-11-20-34(27-32)42(39)43(31-16-5-2-6-17-31)46-40-28-33-18-8-10-22-36(33)37-23-12-24-38(44(37)40)45(41)46/h1-6,9,11-12,14-17,19-21,23-28,37,44H,7-8,10,13,18,22H2. The molecule has 0 fully saturated rings. The molecule has 4 aromatic carbocycles. The summed E-state index contributed by atoms with van der Waals surface area (Å²) in [4.78, 5) is 0. The Bertz CT molecular complexity index is 2170. The minimum absolute atomic E-state index is 0.380. The molecule has 0 saturated heterocycles. The van der Waals surface area contributed by atoms with Gasteiger partial charge in [-0.15, -0.1) is 0 Å². The van der Waals surface area contributed by atoms with E-state index < -0.39 is 0 Å². The van der Waals surface area contributed by atoms with E-state index in [-0.39, 0.29) is 0 Å². The Morgan fingerprint density at radius 2 is 1.26 bits per heavy atom. The molecule has 46 heavy (non-hydrogen) atoms. The lowest BCUT2D eigenvalue weighted by molar-refractivity contribution is 0.564. The molecule has 2 bridgehead atoms. The molecule has 4 aromatic rings. The van der Waals surface area contributed by atoms with E-state index in [2.05, 4.69) is 134 Å². The van der Waals surface area contributed by atoms with E-state index in [1.54, 1.807) is 11.1 Å². The molecule has 0 aliphatic heterocycles. The van der Waals surface area contributed by atoms with Gasteiger partial charge in [-0.2, -0.15) is 0 Å². The molecular formula is C46H36. The van der Waals surface area contributed by atoms with E-state index in [9.17, 15) is 0 Å². The van der Waals surface area contributed by atoms with Crippen LogP contribution >= 0.6 is 0 Å². The Balaban J connectivity index is 1.41. The van der Waals surface area contributed by atoms with Crippen molar-refractivity contribution < 1.29 is 0 Å². The highest BCUT2D eigenvalue weighted by Gasteiger charge is 2.45. The van der Waals surface area contributed by atoms with E-state index >= 15 is 0 Å². The van der Waals surface area contributed by atoms with Gasteiger partial charge in [-0.05, 0) is 128 Å². The number of benzene rings is 4. The van der Waals surface area contributed by atoms with Crippen molar-refractivity contribution >= 4 is 22.8 Å². The maximum absolute atomic E-state index is 2.65. The van der Waals surface area contributed by atoms with Crippen LogP contribution in [-0.4, -0.2) is 0 Å². The van der Waals surface area contributed by atoms with Gasteiger partial charge in [-0.25, -0.2) is 0 Å². The summed E-state index contributed by atoms with van der Waals surface area (Å²) in [5.74, 6) is 0.840. The van der Waals surface area contributed by atoms with Crippen LogP contribution in [0.3, 0.4) is 0 Å². The van der Waals surface area contributed by atoms with Gasteiger partial charge in [0.1, 0.15) is 0 Å². The Hall–Kier alpha value is -4.94. The molecule has 0 aromatic heterocycles. The van der Waals surface area contributed by atoms with Crippen LogP contribution in [-0.2, 0) is 0 Å². The first kappa shape index (κ1) is 26.3. The number of allylic oxidation sites excluding steroid dienone is 13. The molecule has 0 amide bonds. The predicted octanol–water partition coefficient (Wildman–Crippen LogP) is 12.3. The van der Waals surface area contributed by atoms with Crippen LogP contribution < -0.4 is 0 Å². The second-order valence-electron chi connectivity index (χ2n) is 13.7. The second-order valence-corrected chi connectivity index (χ2v) is 13.7. The zero-order valence-electron chi connectivity index (χ0n) is 26.1. The highest BCUT2D eigenvalue weighted by Crippen LogP contribution is 2.63. The van der Waals surface area contributed by atoms with Crippen LogP contribution in [0.15, 0.2) is 144 Å². The fraction of sp³-hybridized carbons (Fsp3) is 0.174. The number of fused-ring (bicyclic) bond motifs is 9. The second kappa shape index (κ2) is 10.3. The molecule has 0 heteroatoms. The van der Waals surface area contributed by atoms with Gasteiger partial charge in [0.15, 0.2) is 0 Å². The van der Waals surface area contributed by atoms with E-state index in [1.807, 2.05) is 0 Å². The lowest BCUT2D eigenvalue weighted by Gasteiger charge is -2.36. The molecular weight excluding hydrogens is 553 g/mol. The molecule has 0 radical (unpaired) electrons. The molecule has 0 heterocycles. The number of rotatable bonds is 2. The maximum Gasteiger partial charge on any atom is 0.0203 e. The Labute approximate surface area is 272 Å². The number of hydrogen-bond donors (Lipinski definition) is 0. The first-order valence-electron chi connectivity index (χ1n) is 17.2. The third kappa shape index (κ3) is 3.80. The zero-order valence-corrected chi connectivity index (χ0v) is 26.1. The Morgan fingerprint density at radius 3 is 2.11 bits per heavy atom. The van der Waals surface area contributed by atoms with Crippen molar-refractivity contribution in [3.8, 4) is 33.4 Å². The third-order valence-corrected chi connectivity index (χ3v) is 11.3. The van der Waals surface area contributed by atoms with Crippen molar-refractivity contribution in [2.75, 3.05) is 0 Å². The fourth-order valence-electron chi connectivity index (χ4n) is 9.38. The van der Waals surface area contributed by atoms with Gasteiger partial charge in [0.05, 0.1) is 0 Å². The summed E-state index contributed by atoms with van der Waals surface area (Å²) >= 11 is 0. The fourth-order valence-corrected chi connectivity index (χ4v) is 9.38. The van der Waals surface area contributed by atoms with E-state index in [0.717, 1.165) is 12.8 Å². The van der Waals surface area contributed by atoms with Crippen LogP contribution in [0.5, 0.6) is 0 Å². The van der Waals surface area contributed by atoms with Crippen molar-refractivity contribution in [1.82, 2.24) is 0 Å². The molecule has 220 valence electrons. The van der Waals surface area contributed by atoms with Crippen molar-refractivity contribution in [2.24, 2.45) is 11.8 Å². The maximum atomic E-state index is 2.65. The van der Waals surface area contributed by atoms with Gasteiger partial charge in [0.2, 0.25) is 0 Å².